The molecule has 0 aliphatic heterocycles. The molecule has 0 bridgehead atoms. The number of amides is 1. The predicted octanol–water partition coefficient (Wildman–Crippen LogP) is 3.45. The standard InChI is InChI=1S/C20H28N2O3/c1-15(2)13-17(22-11-5-6-12-22)20(23)21-10-9-16-7-8-18(24-3)19(14-16)25-4/h5-8,11-12,14-15,17H,9-10,13H2,1-4H3,(H,21,23). The van der Waals surface area contributed by atoms with Crippen LogP contribution in [-0.4, -0.2) is 31.2 Å². The van der Waals surface area contributed by atoms with Gasteiger partial charge in [0, 0.05) is 18.9 Å². The lowest BCUT2D eigenvalue weighted by Gasteiger charge is -2.20. The second-order valence-corrected chi connectivity index (χ2v) is 6.51. The lowest BCUT2D eigenvalue weighted by molar-refractivity contribution is -0.124. The highest BCUT2D eigenvalue weighted by molar-refractivity contribution is 5.80. The van der Waals surface area contributed by atoms with Crippen LogP contribution in [0.5, 0.6) is 11.5 Å². The number of aromatic nitrogens is 1. The molecule has 1 amide bonds. The molecule has 1 aromatic carbocycles. The van der Waals surface area contributed by atoms with Crippen LogP contribution in [0.4, 0.5) is 0 Å². The summed E-state index contributed by atoms with van der Waals surface area (Å²) in [6.45, 7) is 4.85. The molecule has 0 spiro atoms. The van der Waals surface area contributed by atoms with E-state index in [4.69, 9.17) is 9.47 Å². The first kappa shape index (κ1) is 18.9. The molecule has 0 aliphatic rings. The van der Waals surface area contributed by atoms with Crippen molar-refractivity contribution < 1.29 is 14.3 Å². The van der Waals surface area contributed by atoms with E-state index in [-0.39, 0.29) is 11.9 Å². The van der Waals surface area contributed by atoms with Gasteiger partial charge >= 0.3 is 0 Å². The third kappa shape index (κ3) is 5.28. The number of nitrogens with zero attached hydrogens (tertiary/aromatic N) is 1. The largest absolute Gasteiger partial charge is 0.493 e. The van der Waals surface area contributed by atoms with Crippen LogP contribution in [0, 0.1) is 5.92 Å². The van der Waals surface area contributed by atoms with Crippen molar-refractivity contribution in [1.82, 2.24) is 9.88 Å². The van der Waals surface area contributed by atoms with E-state index < -0.39 is 0 Å². The molecule has 0 saturated carbocycles. The Kier molecular flexibility index (Phi) is 6.92. The van der Waals surface area contributed by atoms with Crippen LogP contribution in [-0.2, 0) is 11.2 Å². The monoisotopic (exact) mass is 344 g/mol. The first-order valence-electron chi connectivity index (χ1n) is 8.66. The number of benzene rings is 1. The van der Waals surface area contributed by atoms with Gasteiger partial charge in [0.05, 0.1) is 14.2 Å². The van der Waals surface area contributed by atoms with E-state index in [2.05, 4.69) is 19.2 Å². The molecule has 5 nitrogen and oxygen atoms in total. The van der Waals surface area contributed by atoms with Crippen molar-refractivity contribution in [3.05, 3.63) is 48.3 Å². The predicted molar refractivity (Wildman–Crippen MR) is 99.2 cm³/mol. The summed E-state index contributed by atoms with van der Waals surface area (Å²) in [7, 11) is 3.24. The van der Waals surface area contributed by atoms with Gasteiger partial charge in [0.15, 0.2) is 11.5 Å². The smallest absolute Gasteiger partial charge is 0.243 e. The molecule has 136 valence electrons. The Morgan fingerprint density at radius 2 is 1.80 bits per heavy atom. The summed E-state index contributed by atoms with van der Waals surface area (Å²) in [5.41, 5.74) is 1.10. The van der Waals surface area contributed by atoms with Gasteiger partial charge in [-0.25, -0.2) is 0 Å². The maximum absolute atomic E-state index is 12.6. The van der Waals surface area contributed by atoms with Gasteiger partial charge < -0.3 is 19.4 Å². The molecule has 1 aromatic heterocycles. The second kappa shape index (κ2) is 9.16. The number of methoxy groups -OCH3 is 2. The van der Waals surface area contributed by atoms with Crippen LogP contribution in [0.25, 0.3) is 0 Å². The third-order valence-electron chi connectivity index (χ3n) is 4.15. The van der Waals surface area contributed by atoms with Crippen molar-refractivity contribution in [1.29, 1.82) is 0 Å². The Balaban J connectivity index is 1.94. The van der Waals surface area contributed by atoms with E-state index in [1.54, 1.807) is 14.2 Å². The Bertz CT molecular complexity index is 666. The number of rotatable bonds is 9. The van der Waals surface area contributed by atoms with E-state index in [1.165, 1.54) is 0 Å². The minimum absolute atomic E-state index is 0.0605. The summed E-state index contributed by atoms with van der Waals surface area (Å²) in [5, 5.41) is 3.06. The average Bonchev–Trinajstić information content (AvgIpc) is 3.13. The Morgan fingerprint density at radius 3 is 2.40 bits per heavy atom. The quantitative estimate of drug-likeness (QED) is 0.758. The molecule has 1 atom stereocenters. The summed E-state index contributed by atoms with van der Waals surface area (Å²) >= 11 is 0. The molecule has 0 fully saturated rings. The van der Waals surface area contributed by atoms with Crippen molar-refractivity contribution in [2.45, 2.75) is 32.7 Å². The van der Waals surface area contributed by atoms with Gasteiger partial charge in [-0.1, -0.05) is 19.9 Å². The van der Waals surface area contributed by atoms with Gasteiger partial charge in [-0.2, -0.15) is 0 Å². The lowest BCUT2D eigenvalue weighted by atomic mass is 10.0. The van der Waals surface area contributed by atoms with Gasteiger partial charge in [0.1, 0.15) is 6.04 Å². The van der Waals surface area contributed by atoms with E-state index >= 15 is 0 Å². The fraction of sp³-hybridized carbons (Fsp3) is 0.450. The van der Waals surface area contributed by atoms with Crippen molar-refractivity contribution in [3.63, 3.8) is 0 Å². The van der Waals surface area contributed by atoms with Crippen molar-refractivity contribution in [2.75, 3.05) is 20.8 Å². The van der Waals surface area contributed by atoms with E-state index in [9.17, 15) is 4.79 Å². The zero-order chi connectivity index (χ0) is 18.2. The molecule has 1 unspecified atom stereocenters. The van der Waals surface area contributed by atoms with E-state index in [1.807, 2.05) is 47.3 Å². The number of nitrogens with one attached hydrogen (secondary N) is 1. The fourth-order valence-electron chi connectivity index (χ4n) is 2.85. The lowest BCUT2D eigenvalue weighted by Crippen LogP contribution is -2.34. The molecule has 1 heterocycles. The SMILES string of the molecule is COc1ccc(CCNC(=O)C(CC(C)C)n2cccc2)cc1OC. The van der Waals surface area contributed by atoms with E-state index in [0.29, 0.717) is 24.0 Å². The minimum atomic E-state index is -0.166. The highest BCUT2D eigenvalue weighted by atomic mass is 16.5. The maximum Gasteiger partial charge on any atom is 0.243 e. The number of ether oxygens (including phenoxy) is 2. The van der Waals surface area contributed by atoms with Crippen LogP contribution in [0.2, 0.25) is 0 Å². The molecule has 0 aliphatic carbocycles. The van der Waals surface area contributed by atoms with Crippen LogP contribution in [0.1, 0.15) is 31.9 Å². The molecule has 25 heavy (non-hydrogen) atoms. The highest BCUT2D eigenvalue weighted by Gasteiger charge is 2.20. The molecule has 0 saturated heterocycles. The first-order chi connectivity index (χ1) is 12.0. The molecule has 0 radical (unpaired) electrons. The van der Waals surface area contributed by atoms with Gasteiger partial charge in [-0.05, 0) is 48.6 Å². The summed E-state index contributed by atoms with van der Waals surface area (Å²) in [6, 6.07) is 9.56. The number of hydrogen-bond acceptors (Lipinski definition) is 3. The molecule has 5 heteroatoms. The average molecular weight is 344 g/mol. The normalized spacial score (nSPS) is 12.0. The molecule has 2 aromatic rings. The Hall–Kier alpha value is -2.43. The molecule has 2 rings (SSSR count). The maximum atomic E-state index is 12.6. The number of hydrogen-bond donors (Lipinski definition) is 1. The number of carbonyl (C=O) groups is 1. The molecular formula is C20H28N2O3. The topological polar surface area (TPSA) is 52.5 Å². The van der Waals surface area contributed by atoms with Crippen LogP contribution < -0.4 is 14.8 Å². The van der Waals surface area contributed by atoms with Crippen LogP contribution in [0.3, 0.4) is 0 Å². The third-order valence-corrected chi connectivity index (χ3v) is 4.15. The Labute approximate surface area is 149 Å². The fourth-order valence-corrected chi connectivity index (χ4v) is 2.85. The van der Waals surface area contributed by atoms with Crippen LogP contribution >= 0.6 is 0 Å². The number of carbonyl (C=O) groups excluding carboxylic acids is 1. The van der Waals surface area contributed by atoms with Crippen molar-refractivity contribution >= 4 is 5.91 Å². The molecule has 1 N–H and O–H groups in total. The van der Waals surface area contributed by atoms with E-state index in [0.717, 1.165) is 18.4 Å². The van der Waals surface area contributed by atoms with Crippen LogP contribution in [0.15, 0.2) is 42.7 Å². The minimum Gasteiger partial charge on any atom is -0.493 e. The second-order valence-electron chi connectivity index (χ2n) is 6.51. The van der Waals surface area contributed by atoms with Crippen molar-refractivity contribution in [3.8, 4) is 11.5 Å². The van der Waals surface area contributed by atoms with Gasteiger partial charge in [-0.15, -0.1) is 0 Å². The summed E-state index contributed by atoms with van der Waals surface area (Å²) in [5.74, 6) is 1.92. The van der Waals surface area contributed by atoms with Gasteiger partial charge in [-0.3, -0.25) is 4.79 Å². The Morgan fingerprint density at radius 1 is 1.12 bits per heavy atom. The highest BCUT2D eigenvalue weighted by Crippen LogP contribution is 2.27. The summed E-state index contributed by atoms with van der Waals surface area (Å²) in [4.78, 5) is 12.6. The molecular weight excluding hydrogens is 316 g/mol. The summed E-state index contributed by atoms with van der Waals surface area (Å²) < 4.78 is 12.5. The van der Waals surface area contributed by atoms with Gasteiger partial charge in [0.2, 0.25) is 5.91 Å². The first-order valence-corrected chi connectivity index (χ1v) is 8.66. The summed E-state index contributed by atoms with van der Waals surface area (Å²) in [6.07, 6.45) is 5.45. The zero-order valence-electron chi connectivity index (χ0n) is 15.5. The van der Waals surface area contributed by atoms with Gasteiger partial charge in [0.25, 0.3) is 0 Å². The van der Waals surface area contributed by atoms with Crippen molar-refractivity contribution in [2.24, 2.45) is 5.92 Å². The zero-order valence-corrected chi connectivity index (χ0v) is 15.5.